The topological polar surface area (TPSA) is 139 Å². The number of thioether (sulfide) groups is 1. The van der Waals surface area contributed by atoms with E-state index in [0.717, 1.165) is 11.5 Å². The molecule has 5 N–H and O–H groups in total. The number of aromatic amines is 2. The summed E-state index contributed by atoms with van der Waals surface area (Å²) < 4.78 is 5.75. The van der Waals surface area contributed by atoms with Crippen LogP contribution in [0.15, 0.2) is 15.8 Å². The zero-order valence-electron chi connectivity index (χ0n) is 13.2. The number of rotatable bonds is 3. The fourth-order valence-corrected chi connectivity index (χ4v) is 4.45. The molecule has 2 aliphatic rings. The molecule has 1 aromatic heterocycles. The first-order chi connectivity index (χ1) is 11.3. The van der Waals surface area contributed by atoms with Gasteiger partial charge in [0.15, 0.2) is 5.72 Å². The summed E-state index contributed by atoms with van der Waals surface area (Å²) in [6.07, 6.45) is -1.29. The third kappa shape index (κ3) is 2.45. The van der Waals surface area contributed by atoms with Crippen molar-refractivity contribution >= 4 is 11.8 Å². The predicted molar refractivity (Wildman–Crippen MR) is 86.8 cm³/mol. The molecule has 0 saturated carbocycles. The number of hydrogen-bond acceptors (Lipinski definition) is 8. The molecule has 2 fully saturated rings. The minimum Gasteiger partial charge on any atom is -0.394 e. The number of aliphatic hydroxyl groups is 3. The summed E-state index contributed by atoms with van der Waals surface area (Å²) in [5.74, 6) is 1.52. The van der Waals surface area contributed by atoms with Crippen LogP contribution in [0.5, 0.6) is 0 Å². The van der Waals surface area contributed by atoms with Crippen molar-refractivity contribution in [3.8, 4) is 0 Å². The van der Waals surface area contributed by atoms with E-state index in [-0.39, 0.29) is 5.56 Å². The highest BCUT2D eigenvalue weighted by Gasteiger charge is 2.66. The molecule has 0 aromatic carbocycles. The van der Waals surface area contributed by atoms with Gasteiger partial charge in [-0.2, -0.15) is 11.8 Å². The van der Waals surface area contributed by atoms with Gasteiger partial charge in [-0.3, -0.25) is 14.7 Å². The van der Waals surface area contributed by atoms with E-state index < -0.39 is 41.4 Å². The average Bonchev–Trinajstić information content (AvgIpc) is 2.78. The number of nitrogens with one attached hydrogen (secondary N) is 2. The van der Waals surface area contributed by atoms with E-state index in [1.54, 1.807) is 16.7 Å². The second-order valence-electron chi connectivity index (χ2n) is 6.13. The highest BCUT2D eigenvalue weighted by Crippen LogP contribution is 2.48. The van der Waals surface area contributed by atoms with E-state index in [1.165, 1.54) is 13.1 Å². The molecule has 1 aromatic rings. The van der Waals surface area contributed by atoms with Crippen LogP contribution in [-0.4, -0.2) is 79.3 Å². The van der Waals surface area contributed by atoms with Crippen molar-refractivity contribution in [3.63, 3.8) is 0 Å². The van der Waals surface area contributed by atoms with Gasteiger partial charge in [-0.1, -0.05) is 0 Å². The zero-order chi connectivity index (χ0) is 17.5. The molecule has 4 atom stereocenters. The van der Waals surface area contributed by atoms with Crippen molar-refractivity contribution in [2.24, 2.45) is 0 Å². The van der Waals surface area contributed by atoms with Crippen LogP contribution in [0, 0.1) is 0 Å². The number of aliphatic hydroxyl groups excluding tert-OH is 2. The maximum atomic E-state index is 12.3. The lowest BCUT2D eigenvalue weighted by Gasteiger charge is -2.47. The van der Waals surface area contributed by atoms with Crippen LogP contribution >= 0.6 is 11.8 Å². The summed E-state index contributed by atoms with van der Waals surface area (Å²) in [6.45, 7) is 1.96. The van der Waals surface area contributed by atoms with Gasteiger partial charge < -0.3 is 25.0 Å². The van der Waals surface area contributed by atoms with Crippen LogP contribution in [0.1, 0.15) is 12.5 Å². The Kier molecular flexibility index (Phi) is 4.62. The molecule has 9 nitrogen and oxygen atoms in total. The van der Waals surface area contributed by atoms with Gasteiger partial charge in [0.05, 0.1) is 12.2 Å². The second kappa shape index (κ2) is 6.28. The summed E-state index contributed by atoms with van der Waals surface area (Å²) in [6, 6.07) is 0. The largest absolute Gasteiger partial charge is 0.394 e. The summed E-state index contributed by atoms with van der Waals surface area (Å²) >= 11 is 1.72. The molecule has 3 rings (SSSR count). The maximum absolute atomic E-state index is 12.3. The fourth-order valence-electron chi connectivity index (χ4n) is 3.55. The van der Waals surface area contributed by atoms with E-state index in [9.17, 15) is 24.9 Å². The molecule has 0 radical (unpaired) electrons. The zero-order valence-corrected chi connectivity index (χ0v) is 14.0. The lowest BCUT2D eigenvalue weighted by molar-refractivity contribution is -0.225. The summed E-state index contributed by atoms with van der Waals surface area (Å²) in [7, 11) is 0. The van der Waals surface area contributed by atoms with E-state index in [1.807, 2.05) is 0 Å². The Bertz CT molecular complexity index is 717. The van der Waals surface area contributed by atoms with Crippen LogP contribution in [0.3, 0.4) is 0 Å². The van der Waals surface area contributed by atoms with Gasteiger partial charge in [0.2, 0.25) is 0 Å². The quantitative estimate of drug-likeness (QED) is 0.409. The summed E-state index contributed by atoms with van der Waals surface area (Å²) in [5.41, 5.74) is -4.94. The van der Waals surface area contributed by atoms with E-state index in [2.05, 4.69) is 9.97 Å². The van der Waals surface area contributed by atoms with E-state index >= 15 is 0 Å². The third-order valence-corrected chi connectivity index (χ3v) is 5.80. The minimum absolute atomic E-state index is 0.0159. The van der Waals surface area contributed by atoms with Crippen molar-refractivity contribution in [2.45, 2.75) is 30.5 Å². The number of aromatic nitrogens is 2. The molecule has 0 amide bonds. The molecule has 2 saturated heterocycles. The van der Waals surface area contributed by atoms with Crippen molar-refractivity contribution in [1.82, 2.24) is 14.9 Å². The molecule has 0 aliphatic carbocycles. The van der Waals surface area contributed by atoms with Crippen LogP contribution in [-0.2, 0) is 10.3 Å². The van der Waals surface area contributed by atoms with Crippen LogP contribution in [0.25, 0.3) is 0 Å². The van der Waals surface area contributed by atoms with Crippen molar-refractivity contribution in [1.29, 1.82) is 0 Å². The van der Waals surface area contributed by atoms with Gasteiger partial charge >= 0.3 is 5.69 Å². The molecule has 0 unspecified atom stereocenters. The normalized spacial score (nSPS) is 37.7. The van der Waals surface area contributed by atoms with Crippen LogP contribution in [0.4, 0.5) is 0 Å². The number of nitrogens with zero attached hydrogens (tertiary/aromatic N) is 1. The van der Waals surface area contributed by atoms with Gasteiger partial charge in [-0.25, -0.2) is 4.79 Å². The molecule has 134 valence electrons. The third-order valence-electron chi connectivity index (χ3n) is 4.86. The van der Waals surface area contributed by atoms with Gasteiger partial charge in [-0.05, 0) is 6.92 Å². The highest BCUT2D eigenvalue weighted by molar-refractivity contribution is 7.99. The maximum Gasteiger partial charge on any atom is 0.325 e. The summed E-state index contributed by atoms with van der Waals surface area (Å²) in [5, 5.41) is 31.6. The first-order valence-electron chi connectivity index (χ1n) is 7.69. The van der Waals surface area contributed by atoms with Gasteiger partial charge in [0.25, 0.3) is 5.56 Å². The standard InChI is InChI=1S/C14H21N3O6S/c1-13(8-6-15-12(21)16-11(8)20)14(22,10(19)9(7-18)23-13)17-2-4-24-5-3-17/h6,9-10,18-19,22H,2-5,7H2,1H3,(H2,15,16,20,21)/t9-,10-,13+,14-/m1/s1. The Hall–Kier alpha value is -1.17. The minimum atomic E-state index is -1.91. The number of ether oxygens (including phenoxy) is 1. The van der Waals surface area contributed by atoms with Crippen LogP contribution < -0.4 is 11.2 Å². The fraction of sp³-hybridized carbons (Fsp3) is 0.714. The van der Waals surface area contributed by atoms with E-state index in [0.29, 0.717) is 13.1 Å². The van der Waals surface area contributed by atoms with Crippen LogP contribution in [0.2, 0.25) is 0 Å². The summed E-state index contributed by atoms with van der Waals surface area (Å²) in [4.78, 5) is 29.7. The average molecular weight is 359 g/mol. The Labute approximate surface area is 141 Å². The van der Waals surface area contributed by atoms with Crippen molar-refractivity contribution in [3.05, 3.63) is 32.6 Å². The lowest BCUT2D eigenvalue weighted by atomic mass is 9.82. The first kappa shape index (κ1) is 17.6. The molecule has 2 aliphatic heterocycles. The number of H-pyrrole nitrogens is 2. The number of hydrogen-bond donors (Lipinski definition) is 5. The highest BCUT2D eigenvalue weighted by atomic mass is 32.2. The molecule has 10 heteroatoms. The molecule has 24 heavy (non-hydrogen) atoms. The molecule has 3 heterocycles. The molecule has 0 spiro atoms. The molecule has 0 bridgehead atoms. The SMILES string of the molecule is C[C@@]1(c2c[nH]c(=O)[nH]c2=O)O[C@H](CO)[C@@H](O)[C@]1(O)N1CCSCC1. The Morgan fingerprint density at radius 1 is 1.42 bits per heavy atom. The van der Waals surface area contributed by atoms with Gasteiger partial charge in [0, 0.05) is 30.8 Å². The Morgan fingerprint density at radius 3 is 2.67 bits per heavy atom. The smallest absolute Gasteiger partial charge is 0.325 e. The monoisotopic (exact) mass is 359 g/mol. The first-order valence-corrected chi connectivity index (χ1v) is 8.84. The predicted octanol–water partition coefficient (Wildman–Crippen LogP) is -2.23. The Morgan fingerprint density at radius 2 is 2.08 bits per heavy atom. The molecular weight excluding hydrogens is 338 g/mol. The molecular formula is C14H21N3O6S. The Balaban J connectivity index is 2.14. The lowest BCUT2D eigenvalue weighted by Crippen LogP contribution is -2.67. The van der Waals surface area contributed by atoms with E-state index in [4.69, 9.17) is 4.74 Å². The van der Waals surface area contributed by atoms with Gasteiger partial charge in [0.1, 0.15) is 17.8 Å². The van der Waals surface area contributed by atoms with Crippen molar-refractivity contribution < 1.29 is 20.1 Å². The van der Waals surface area contributed by atoms with Gasteiger partial charge in [-0.15, -0.1) is 0 Å². The second-order valence-corrected chi connectivity index (χ2v) is 7.35. The van der Waals surface area contributed by atoms with Crippen molar-refractivity contribution in [2.75, 3.05) is 31.2 Å².